The Hall–Kier alpha value is -1.75. The number of H-pyrrole nitrogens is 1. The number of amides is 2. The van der Waals surface area contributed by atoms with E-state index in [0.29, 0.717) is 23.4 Å². The molecule has 1 aromatic heterocycles. The molecule has 5 nitrogen and oxygen atoms in total. The van der Waals surface area contributed by atoms with Crippen molar-refractivity contribution < 1.29 is 4.79 Å². The monoisotopic (exact) mass is 334 g/mol. The van der Waals surface area contributed by atoms with Gasteiger partial charge < -0.3 is 10.6 Å². The molecule has 0 bridgehead atoms. The SMILES string of the molecule is CC1CC(C)CC(NC(=O)NCc2[nH]nc3ccc(Cl)cc23)C1. The smallest absolute Gasteiger partial charge is 0.315 e. The number of urea groups is 1. The summed E-state index contributed by atoms with van der Waals surface area (Å²) in [5, 5.41) is 14.8. The van der Waals surface area contributed by atoms with Gasteiger partial charge in [-0.2, -0.15) is 5.10 Å². The van der Waals surface area contributed by atoms with Crippen LogP contribution in [-0.2, 0) is 6.54 Å². The van der Waals surface area contributed by atoms with E-state index >= 15 is 0 Å². The second-order valence-corrected chi connectivity index (χ2v) is 7.24. The van der Waals surface area contributed by atoms with Crippen LogP contribution in [0.25, 0.3) is 10.9 Å². The van der Waals surface area contributed by atoms with E-state index in [1.165, 1.54) is 6.42 Å². The first-order valence-electron chi connectivity index (χ1n) is 8.18. The van der Waals surface area contributed by atoms with Gasteiger partial charge in [-0.1, -0.05) is 25.4 Å². The summed E-state index contributed by atoms with van der Waals surface area (Å²) in [7, 11) is 0. The van der Waals surface area contributed by atoms with Crippen molar-refractivity contribution in [1.82, 2.24) is 20.8 Å². The van der Waals surface area contributed by atoms with Crippen LogP contribution in [0.3, 0.4) is 0 Å². The molecule has 0 aliphatic heterocycles. The molecule has 1 aliphatic carbocycles. The molecule has 1 saturated carbocycles. The van der Waals surface area contributed by atoms with Crippen LogP contribution < -0.4 is 10.6 Å². The maximum Gasteiger partial charge on any atom is 0.315 e. The molecule has 3 N–H and O–H groups in total. The third-order valence-corrected chi connectivity index (χ3v) is 4.77. The minimum atomic E-state index is -0.124. The molecule has 3 rings (SSSR count). The van der Waals surface area contributed by atoms with E-state index in [1.807, 2.05) is 12.1 Å². The number of fused-ring (bicyclic) bond motifs is 1. The van der Waals surface area contributed by atoms with Crippen LogP contribution in [0.15, 0.2) is 18.2 Å². The Kier molecular flexibility index (Phi) is 4.76. The minimum absolute atomic E-state index is 0.124. The van der Waals surface area contributed by atoms with Crippen molar-refractivity contribution in [3.63, 3.8) is 0 Å². The Labute approximate surface area is 141 Å². The molecular formula is C17H23ClN4O. The number of carbonyl (C=O) groups is 1. The average Bonchev–Trinajstić information content (AvgIpc) is 2.86. The van der Waals surface area contributed by atoms with Crippen LogP contribution in [0.4, 0.5) is 4.79 Å². The molecular weight excluding hydrogens is 312 g/mol. The zero-order chi connectivity index (χ0) is 16.4. The lowest BCUT2D eigenvalue weighted by Gasteiger charge is -2.31. The molecule has 2 amide bonds. The maximum atomic E-state index is 12.1. The molecule has 1 aromatic carbocycles. The summed E-state index contributed by atoms with van der Waals surface area (Å²) < 4.78 is 0. The van der Waals surface area contributed by atoms with Gasteiger partial charge in [0, 0.05) is 16.5 Å². The Morgan fingerprint density at radius 1 is 1.30 bits per heavy atom. The molecule has 1 fully saturated rings. The quantitative estimate of drug-likeness (QED) is 0.798. The van der Waals surface area contributed by atoms with Gasteiger partial charge >= 0.3 is 6.03 Å². The zero-order valence-electron chi connectivity index (χ0n) is 13.5. The Balaban J connectivity index is 1.57. The average molecular weight is 335 g/mol. The fraction of sp³-hybridized carbons (Fsp3) is 0.529. The van der Waals surface area contributed by atoms with Crippen molar-refractivity contribution in [3.8, 4) is 0 Å². The number of nitrogens with zero attached hydrogens (tertiary/aromatic N) is 1. The predicted octanol–water partition coefficient (Wildman–Crippen LogP) is 3.84. The highest BCUT2D eigenvalue weighted by Crippen LogP contribution is 2.28. The van der Waals surface area contributed by atoms with Crippen LogP contribution in [0.5, 0.6) is 0 Å². The van der Waals surface area contributed by atoms with Gasteiger partial charge in [-0.05, 0) is 49.3 Å². The molecule has 1 heterocycles. The largest absolute Gasteiger partial charge is 0.335 e. The molecule has 2 atom stereocenters. The first-order valence-corrected chi connectivity index (χ1v) is 8.56. The number of aromatic amines is 1. The van der Waals surface area contributed by atoms with Crippen molar-refractivity contribution in [2.24, 2.45) is 11.8 Å². The van der Waals surface area contributed by atoms with Crippen LogP contribution in [0, 0.1) is 11.8 Å². The number of hydrogen-bond acceptors (Lipinski definition) is 2. The molecule has 2 aromatic rings. The summed E-state index contributed by atoms with van der Waals surface area (Å²) in [4.78, 5) is 12.1. The van der Waals surface area contributed by atoms with Crippen LogP contribution >= 0.6 is 11.6 Å². The van der Waals surface area contributed by atoms with Crippen molar-refractivity contribution >= 4 is 28.5 Å². The van der Waals surface area contributed by atoms with Crippen molar-refractivity contribution in [2.45, 2.75) is 45.7 Å². The molecule has 1 aliphatic rings. The van der Waals surface area contributed by atoms with Gasteiger partial charge in [0.15, 0.2) is 0 Å². The number of hydrogen-bond donors (Lipinski definition) is 3. The topological polar surface area (TPSA) is 69.8 Å². The van der Waals surface area contributed by atoms with Crippen LogP contribution in [0.2, 0.25) is 5.02 Å². The Morgan fingerprint density at radius 2 is 2.04 bits per heavy atom. The highest BCUT2D eigenvalue weighted by atomic mass is 35.5. The number of nitrogens with one attached hydrogen (secondary N) is 3. The van der Waals surface area contributed by atoms with Crippen molar-refractivity contribution in [2.75, 3.05) is 0 Å². The van der Waals surface area contributed by atoms with Gasteiger partial charge in [-0.3, -0.25) is 5.10 Å². The summed E-state index contributed by atoms with van der Waals surface area (Å²) in [5.74, 6) is 1.34. The second kappa shape index (κ2) is 6.79. The lowest BCUT2D eigenvalue weighted by Crippen LogP contribution is -2.44. The molecule has 23 heavy (non-hydrogen) atoms. The summed E-state index contributed by atoms with van der Waals surface area (Å²) in [6, 6.07) is 5.67. The number of rotatable bonds is 3. The predicted molar refractivity (Wildman–Crippen MR) is 92.4 cm³/mol. The van der Waals surface area contributed by atoms with Gasteiger partial charge in [0.25, 0.3) is 0 Å². The molecule has 0 spiro atoms. The maximum absolute atomic E-state index is 12.1. The lowest BCUT2D eigenvalue weighted by atomic mass is 9.80. The summed E-state index contributed by atoms with van der Waals surface area (Å²) in [6.45, 7) is 4.91. The highest BCUT2D eigenvalue weighted by molar-refractivity contribution is 6.31. The van der Waals surface area contributed by atoms with E-state index in [-0.39, 0.29) is 12.1 Å². The van der Waals surface area contributed by atoms with E-state index < -0.39 is 0 Å². The third-order valence-electron chi connectivity index (χ3n) is 4.53. The third kappa shape index (κ3) is 3.96. The normalized spacial score (nSPS) is 24.6. The number of halogens is 1. The summed E-state index contributed by atoms with van der Waals surface area (Å²) >= 11 is 6.03. The van der Waals surface area contributed by atoms with E-state index in [0.717, 1.165) is 29.4 Å². The number of benzene rings is 1. The van der Waals surface area contributed by atoms with E-state index in [1.54, 1.807) is 6.07 Å². The summed E-state index contributed by atoms with van der Waals surface area (Å²) in [5.41, 5.74) is 1.71. The molecule has 6 heteroatoms. The van der Waals surface area contributed by atoms with Gasteiger partial charge in [0.05, 0.1) is 17.8 Å². The van der Waals surface area contributed by atoms with E-state index in [9.17, 15) is 4.79 Å². The molecule has 124 valence electrons. The summed E-state index contributed by atoms with van der Waals surface area (Å²) in [6.07, 6.45) is 3.36. The molecule has 0 radical (unpaired) electrons. The van der Waals surface area contributed by atoms with E-state index in [4.69, 9.17) is 11.6 Å². The standard InChI is InChI=1S/C17H23ClN4O/c1-10-5-11(2)7-13(6-10)20-17(23)19-9-16-14-8-12(18)3-4-15(14)21-22-16/h3-4,8,10-11,13H,5-7,9H2,1-2H3,(H,21,22)(H2,19,20,23). The highest BCUT2D eigenvalue weighted by Gasteiger charge is 2.24. The first-order chi connectivity index (χ1) is 11.0. The van der Waals surface area contributed by atoms with Gasteiger partial charge in [-0.25, -0.2) is 4.79 Å². The number of aromatic nitrogens is 2. The van der Waals surface area contributed by atoms with Gasteiger partial charge in [0.2, 0.25) is 0 Å². The Bertz CT molecular complexity index is 689. The number of carbonyl (C=O) groups excluding carboxylic acids is 1. The minimum Gasteiger partial charge on any atom is -0.335 e. The van der Waals surface area contributed by atoms with Crippen LogP contribution in [-0.4, -0.2) is 22.3 Å². The van der Waals surface area contributed by atoms with Gasteiger partial charge in [-0.15, -0.1) is 0 Å². The van der Waals surface area contributed by atoms with Crippen LogP contribution in [0.1, 0.15) is 38.8 Å². The van der Waals surface area contributed by atoms with Crippen molar-refractivity contribution in [1.29, 1.82) is 0 Å². The molecule has 0 saturated heterocycles. The first kappa shape index (κ1) is 16.1. The second-order valence-electron chi connectivity index (χ2n) is 6.81. The fourth-order valence-corrected chi connectivity index (χ4v) is 3.81. The fourth-order valence-electron chi connectivity index (χ4n) is 3.64. The van der Waals surface area contributed by atoms with Gasteiger partial charge in [0.1, 0.15) is 0 Å². The van der Waals surface area contributed by atoms with Crippen molar-refractivity contribution in [3.05, 3.63) is 28.9 Å². The lowest BCUT2D eigenvalue weighted by molar-refractivity contribution is 0.213. The molecule has 2 unspecified atom stereocenters. The zero-order valence-corrected chi connectivity index (χ0v) is 14.3. The van der Waals surface area contributed by atoms with E-state index in [2.05, 4.69) is 34.7 Å². The Morgan fingerprint density at radius 3 is 2.78 bits per heavy atom.